The number of fused-ring (bicyclic) bond motifs is 1. The molecule has 1 atom stereocenters. The van der Waals surface area contributed by atoms with Crippen molar-refractivity contribution in [2.24, 2.45) is 0 Å². The third-order valence-electron chi connectivity index (χ3n) is 6.78. The molecular weight excluding hydrogens is 360 g/mol. The lowest BCUT2D eigenvalue weighted by Crippen LogP contribution is -2.13. The van der Waals surface area contributed by atoms with Crippen molar-refractivity contribution in [3.05, 3.63) is 94.5 Å². The van der Waals surface area contributed by atoms with Gasteiger partial charge in [0.2, 0.25) is 0 Å². The van der Waals surface area contributed by atoms with Gasteiger partial charge in [-0.05, 0) is 83.4 Å². The predicted molar refractivity (Wildman–Crippen MR) is 130 cm³/mol. The van der Waals surface area contributed by atoms with E-state index in [0.717, 1.165) is 0 Å². The third-order valence-corrected chi connectivity index (χ3v) is 6.78. The Hall–Kier alpha value is -2.34. The van der Waals surface area contributed by atoms with Crippen molar-refractivity contribution >= 4 is 0 Å². The molecule has 0 saturated heterocycles. The van der Waals surface area contributed by atoms with Gasteiger partial charge in [0.25, 0.3) is 0 Å². The molecule has 0 aliphatic heterocycles. The summed E-state index contributed by atoms with van der Waals surface area (Å²) in [5.41, 5.74) is 10.3. The van der Waals surface area contributed by atoms with E-state index in [0.29, 0.717) is 5.92 Å². The average molecular weight is 397 g/mol. The van der Waals surface area contributed by atoms with Crippen LogP contribution in [0, 0.1) is 0 Å². The van der Waals surface area contributed by atoms with Crippen LogP contribution in [0.5, 0.6) is 0 Å². The van der Waals surface area contributed by atoms with Gasteiger partial charge in [0, 0.05) is 0 Å². The summed E-state index contributed by atoms with van der Waals surface area (Å²) in [5.74, 6) is 0.668. The van der Waals surface area contributed by atoms with Crippen LogP contribution in [0.25, 0.3) is 11.1 Å². The summed E-state index contributed by atoms with van der Waals surface area (Å²) < 4.78 is 0. The molecule has 0 bridgehead atoms. The van der Waals surface area contributed by atoms with Gasteiger partial charge in [-0.3, -0.25) is 0 Å². The zero-order valence-corrected chi connectivity index (χ0v) is 18.8. The number of aryl methyl sites for hydroxylation is 3. The topological polar surface area (TPSA) is 0 Å². The van der Waals surface area contributed by atoms with Crippen LogP contribution < -0.4 is 0 Å². The second-order valence-electron chi connectivity index (χ2n) is 9.07. The molecule has 3 aromatic carbocycles. The van der Waals surface area contributed by atoms with E-state index in [1.165, 1.54) is 85.6 Å². The van der Waals surface area contributed by atoms with Crippen LogP contribution in [0.4, 0.5) is 0 Å². The molecule has 0 amide bonds. The molecule has 156 valence electrons. The van der Waals surface area contributed by atoms with Crippen LogP contribution in [0.2, 0.25) is 0 Å². The minimum atomic E-state index is 0.668. The molecule has 1 aliphatic rings. The molecular formula is C30H36. The van der Waals surface area contributed by atoms with Crippen molar-refractivity contribution in [1.82, 2.24) is 0 Å². The van der Waals surface area contributed by atoms with Gasteiger partial charge in [-0.1, -0.05) is 99.8 Å². The third kappa shape index (κ3) is 5.04. The van der Waals surface area contributed by atoms with E-state index in [2.05, 4.69) is 80.6 Å². The molecule has 0 N–H and O–H groups in total. The van der Waals surface area contributed by atoms with E-state index in [-0.39, 0.29) is 0 Å². The molecule has 3 aromatic rings. The largest absolute Gasteiger partial charge is 0.0654 e. The molecule has 0 fully saturated rings. The number of benzene rings is 3. The average Bonchev–Trinajstić information content (AvgIpc) is 2.80. The second kappa shape index (κ2) is 10.1. The summed E-state index contributed by atoms with van der Waals surface area (Å²) in [7, 11) is 0. The minimum Gasteiger partial charge on any atom is -0.0654 e. The number of hydrogen-bond donors (Lipinski definition) is 0. The first-order valence-corrected chi connectivity index (χ1v) is 12.1. The van der Waals surface area contributed by atoms with E-state index in [9.17, 15) is 0 Å². The molecule has 0 aromatic heterocycles. The Morgan fingerprint density at radius 3 is 2.10 bits per heavy atom. The molecule has 4 rings (SSSR count). The molecule has 0 heterocycles. The number of hydrogen-bond acceptors (Lipinski definition) is 0. The highest BCUT2D eigenvalue weighted by Crippen LogP contribution is 2.35. The van der Waals surface area contributed by atoms with E-state index in [4.69, 9.17) is 0 Å². The monoisotopic (exact) mass is 396 g/mol. The Morgan fingerprint density at radius 2 is 1.37 bits per heavy atom. The predicted octanol–water partition coefficient (Wildman–Crippen LogP) is 8.31. The fourth-order valence-corrected chi connectivity index (χ4v) is 4.91. The van der Waals surface area contributed by atoms with E-state index in [1.54, 1.807) is 11.1 Å². The summed E-state index contributed by atoms with van der Waals surface area (Å²) in [5, 5.41) is 0. The maximum atomic E-state index is 2.44. The van der Waals surface area contributed by atoms with Crippen LogP contribution in [0.15, 0.2) is 66.7 Å². The maximum Gasteiger partial charge on any atom is -0.0118 e. The van der Waals surface area contributed by atoms with E-state index >= 15 is 0 Å². The summed E-state index contributed by atoms with van der Waals surface area (Å²) in [6.45, 7) is 4.52. The zero-order chi connectivity index (χ0) is 20.8. The van der Waals surface area contributed by atoms with Gasteiger partial charge in [0.15, 0.2) is 0 Å². The lowest BCUT2D eigenvalue weighted by Gasteiger charge is -2.26. The second-order valence-corrected chi connectivity index (χ2v) is 9.07. The Bertz CT molecular complexity index is 931. The minimum absolute atomic E-state index is 0.668. The number of unbranched alkanes of at least 4 members (excludes halogenated alkanes) is 2. The first kappa shape index (κ1) is 20.9. The van der Waals surface area contributed by atoms with Gasteiger partial charge in [-0.2, -0.15) is 0 Å². The molecule has 30 heavy (non-hydrogen) atoms. The first-order valence-electron chi connectivity index (χ1n) is 12.1. The SMILES string of the molecule is CCCCCc1ccc(C2CCc3cc(-c4ccc(CCC)cc4)ccc3C2)cc1. The van der Waals surface area contributed by atoms with Crippen LogP contribution in [0.3, 0.4) is 0 Å². The highest BCUT2D eigenvalue weighted by molar-refractivity contribution is 5.65. The van der Waals surface area contributed by atoms with Crippen LogP contribution in [0.1, 0.15) is 79.7 Å². The Kier molecular flexibility index (Phi) is 7.05. The van der Waals surface area contributed by atoms with Gasteiger partial charge in [0.05, 0.1) is 0 Å². The van der Waals surface area contributed by atoms with Gasteiger partial charge in [0.1, 0.15) is 0 Å². The molecule has 1 unspecified atom stereocenters. The zero-order valence-electron chi connectivity index (χ0n) is 18.8. The molecule has 1 aliphatic carbocycles. The highest BCUT2D eigenvalue weighted by Gasteiger charge is 2.20. The van der Waals surface area contributed by atoms with Crippen molar-refractivity contribution < 1.29 is 0 Å². The van der Waals surface area contributed by atoms with Crippen LogP contribution >= 0.6 is 0 Å². The van der Waals surface area contributed by atoms with Gasteiger partial charge in [-0.15, -0.1) is 0 Å². The van der Waals surface area contributed by atoms with Crippen molar-refractivity contribution in [3.8, 4) is 11.1 Å². The molecule has 0 nitrogen and oxygen atoms in total. The molecule has 0 spiro atoms. The Morgan fingerprint density at radius 1 is 0.667 bits per heavy atom. The van der Waals surface area contributed by atoms with Crippen molar-refractivity contribution in [2.45, 2.75) is 77.6 Å². The standard InChI is InChI=1S/C30H36/c1-3-5-6-8-24-11-15-26(16-12-24)28-18-20-29-21-27(17-19-30(29)22-28)25-13-9-23(7-4-2)10-14-25/h9-17,19,21,28H,3-8,18,20,22H2,1-2H3. The molecule has 0 radical (unpaired) electrons. The molecule has 0 heteroatoms. The highest BCUT2D eigenvalue weighted by atomic mass is 14.2. The van der Waals surface area contributed by atoms with Crippen molar-refractivity contribution in [3.63, 3.8) is 0 Å². The van der Waals surface area contributed by atoms with E-state index in [1.807, 2.05) is 0 Å². The summed E-state index contributed by atoms with van der Waals surface area (Å²) in [6.07, 6.45) is 11.2. The van der Waals surface area contributed by atoms with Crippen LogP contribution in [-0.4, -0.2) is 0 Å². The smallest absolute Gasteiger partial charge is 0.0118 e. The molecule has 0 saturated carbocycles. The number of rotatable bonds is 8. The van der Waals surface area contributed by atoms with E-state index < -0.39 is 0 Å². The lowest BCUT2D eigenvalue weighted by atomic mass is 9.79. The first-order chi connectivity index (χ1) is 14.8. The Balaban J connectivity index is 1.43. The lowest BCUT2D eigenvalue weighted by molar-refractivity contribution is 0.585. The summed E-state index contributed by atoms with van der Waals surface area (Å²) in [4.78, 5) is 0. The van der Waals surface area contributed by atoms with Gasteiger partial charge in [-0.25, -0.2) is 0 Å². The van der Waals surface area contributed by atoms with Gasteiger partial charge >= 0.3 is 0 Å². The summed E-state index contributed by atoms with van der Waals surface area (Å²) >= 11 is 0. The Labute approximate surface area is 183 Å². The normalized spacial score (nSPS) is 15.7. The quantitative estimate of drug-likeness (QED) is 0.336. The summed E-state index contributed by atoms with van der Waals surface area (Å²) in [6, 6.07) is 25.8. The van der Waals surface area contributed by atoms with Crippen molar-refractivity contribution in [2.75, 3.05) is 0 Å². The van der Waals surface area contributed by atoms with Gasteiger partial charge < -0.3 is 0 Å². The maximum absolute atomic E-state index is 2.44. The fourth-order valence-electron chi connectivity index (χ4n) is 4.91. The fraction of sp³-hybridized carbons (Fsp3) is 0.400. The van der Waals surface area contributed by atoms with Crippen molar-refractivity contribution in [1.29, 1.82) is 0 Å². The van der Waals surface area contributed by atoms with Crippen LogP contribution in [-0.2, 0) is 25.7 Å².